The van der Waals surface area contributed by atoms with Gasteiger partial charge in [-0.05, 0) is 50.2 Å². The monoisotopic (exact) mass is 319 g/mol. The first-order valence-corrected chi connectivity index (χ1v) is 9.01. The van der Waals surface area contributed by atoms with Gasteiger partial charge < -0.3 is 9.64 Å². The quantitative estimate of drug-likeness (QED) is 0.725. The maximum Gasteiger partial charge on any atom is 0.261 e. The summed E-state index contributed by atoms with van der Waals surface area (Å²) in [7, 11) is 1.69. The molecule has 114 valence electrons. The molecule has 0 radical (unpaired) electrons. The fourth-order valence-electron chi connectivity index (χ4n) is 2.01. The standard InChI is InChI=1S/C14H22ClNO3S/c1-5-16(6-2)7-8-19-13-9-12(4)14(10-11(13)3)20(15,17)18/h9-10H,5-8H2,1-4H3. The Kier molecular flexibility index (Phi) is 6.30. The number of rotatable bonds is 7. The molecule has 20 heavy (non-hydrogen) atoms. The number of benzene rings is 1. The summed E-state index contributed by atoms with van der Waals surface area (Å²) in [4.78, 5) is 2.41. The highest BCUT2D eigenvalue weighted by molar-refractivity contribution is 8.13. The van der Waals surface area contributed by atoms with E-state index in [1.54, 1.807) is 19.1 Å². The lowest BCUT2D eigenvalue weighted by molar-refractivity contribution is 0.222. The van der Waals surface area contributed by atoms with Crippen LogP contribution in [0.2, 0.25) is 0 Å². The van der Waals surface area contributed by atoms with Crippen molar-refractivity contribution in [2.75, 3.05) is 26.2 Å². The number of nitrogens with zero attached hydrogens (tertiary/aromatic N) is 1. The van der Waals surface area contributed by atoms with E-state index in [-0.39, 0.29) is 4.90 Å². The number of likely N-dealkylation sites (N-methyl/N-ethyl adjacent to an activating group) is 1. The van der Waals surface area contributed by atoms with Crippen LogP contribution in [0.3, 0.4) is 0 Å². The van der Waals surface area contributed by atoms with E-state index in [2.05, 4.69) is 18.7 Å². The average molecular weight is 320 g/mol. The number of ether oxygens (including phenoxy) is 1. The van der Waals surface area contributed by atoms with E-state index in [4.69, 9.17) is 15.4 Å². The van der Waals surface area contributed by atoms with E-state index in [1.807, 2.05) is 6.92 Å². The van der Waals surface area contributed by atoms with Gasteiger partial charge in [0.1, 0.15) is 12.4 Å². The van der Waals surface area contributed by atoms with Crippen LogP contribution in [0.4, 0.5) is 0 Å². The molecule has 0 saturated heterocycles. The van der Waals surface area contributed by atoms with Crippen LogP contribution in [0, 0.1) is 13.8 Å². The molecule has 0 aliphatic heterocycles. The number of hydrogen-bond donors (Lipinski definition) is 0. The zero-order valence-electron chi connectivity index (χ0n) is 12.4. The molecule has 1 rings (SSSR count). The highest BCUT2D eigenvalue weighted by atomic mass is 35.7. The normalized spacial score (nSPS) is 11.9. The number of aryl methyl sites for hydroxylation is 2. The van der Waals surface area contributed by atoms with Crippen LogP contribution >= 0.6 is 10.7 Å². The molecule has 0 saturated carbocycles. The van der Waals surface area contributed by atoms with Gasteiger partial charge in [-0.3, -0.25) is 0 Å². The molecule has 0 spiro atoms. The fourth-order valence-corrected chi connectivity index (χ4v) is 3.27. The van der Waals surface area contributed by atoms with Crippen LogP contribution in [0.25, 0.3) is 0 Å². The lowest BCUT2D eigenvalue weighted by atomic mass is 10.1. The SMILES string of the molecule is CCN(CC)CCOc1cc(C)c(S(=O)(=O)Cl)cc1C. The van der Waals surface area contributed by atoms with Crippen molar-refractivity contribution in [1.82, 2.24) is 4.90 Å². The van der Waals surface area contributed by atoms with Crippen LogP contribution in [-0.4, -0.2) is 39.6 Å². The molecule has 6 heteroatoms. The summed E-state index contributed by atoms with van der Waals surface area (Å²) in [6, 6.07) is 3.29. The summed E-state index contributed by atoms with van der Waals surface area (Å²) in [6.07, 6.45) is 0. The largest absolute Gasteiger partial charge is 0.492 e. The Bertz CT molecular complexity index is 554. The molecular formula is C14H22ClNO3S. The van der Waals surface area contributed by atoms with Gasteiger partial charge in [-0.2, -0.15) is 0 Å². The van der Waals surface area contributed by atoms with Gasteiger partial charge in [-0.1, -0.05) is 13.8 Å². The molecule has 0 heterocycles. The van der Waals surface area contributed by atoms with Crippen molar-refractivity contribution in [3.8, 4) is 5.75 Å². The lowest BCUT2D eigenvalue weighted by Crippen LogP contribution is -2.28. The topological polar surface area (TPSA) is 46.6 Å². The number of halogens is 1. The third-order valence-corrected chi connectivity index (χ3v) is 4.76. The van der Waals surface area contributed by atoms with Crippen molar-refractivity contribution >= 4 is 19.7 Å². The Morgan fingerprint density at radius 1 is 1.15 bits per heavy atom. The Balaban J connectivity index is 2.81. The molecule has 0 unspecified atom stereocenters. The summed E-state index contributed by atoms with van der Waals surface area (Å²) >= 11 is 0. The third-order valence-electron chi connectivity index (χ3n) is 3.29. The van der Waals surface area contributed by atoms with Crippen molar-refractivity contribution in [1.29, 1.82) is 0 Å². The molecule has 4 nitrogen and oxygen atoms in total. The van der Waals surface area contributed by atoms with Gasteiger partial charge in [-0.15, -0.1) is 0 Å². The van der Waals surface area contributed by atoms with E-state index in [0.29, 0.717) is 17.9 Å². The van der Waals surface area contributed by atoms with Crippen molar-refractivity contribution in [3.63, 3.8) is 0 Å². The van der Waals surface area contributed by atoms with Crippen LogP contribution in [0.15, 0.2) is 17.0 Å². The van der Waals surface area contributed by atoms with Gasteiger partial charge >= 0.3 is 0 Å². The summed E-state index contributed by atoms with van der Waals surface area (Å²) < 4.78 is 28.6. The van der Waals surface area contributed by atoms with Gasteiger partial charge in [0, 0.05) is 17.2 Å². The molecular weight excluding hydrogens is 298 g/mol. The van der Waals surface area contributed by atoms with Crippen LogP contribution in [0.1, 0.15) is 25.0 Å². The second-order valence-electron chi connectivity index (χ2n) is 4.70. The van der Waals surface area contributed by atoms with Crippen LogP contribution in [0.5, 0.6) is 5.75 Å². The average Bonchev–Trinajstić information content (AvgIpc) is 2.36. The molecule has 1 aromatic carbocycles. The van der Waals surface area contributed by atoms with Gasteiger partial charge in [0.25, 0.3) is 9.05 Å². The maximum absolute atomic E-state index is 11.4. The van der Waals surface area contributed by atoms with E-state index in [0.717, 1.165) is 25.2 Å². The predicted molar refractivity (Wildman–Crippen MR) is 82.2 cm³/mol. The zero-order chi connectivity index (χ0) is 15.3. The van der Waals surface area contributed by atoms with Gasteiger partial charge in [0.05, 0.1) is 4.90 Å². The third kappa shape index (κ3) is 4.65. The van der Waals surface area contributed by atoms with Gasteiger partial charge in [0.15, 0.2) is 0 Å². The minimum Gasteiger partial charge on any atom is -0.492 e. The Morgan fingerprint density at radius 3 is 2.25 bits per heavy atom. The molecule has 0 atom stereocenters. The molecule has 0 aromatic heterocycles. The highest BCUT2D eigenvalue weighted by Gasteiger charge is 2.16. The Morgan fingerprint density at radius 2 is 1.75 bits per heavy atom. The smallest absolute Gasteiger partial charge is 0.261 e. The molecule has 0 bridgehead atoms. The van der Waals surface area contributed by atoms with Crippen molar-refractivity contribution < 1.29 is 13.2 Å². The second kappa shape index (κ2) is 7.29. The molecule has 0 N–H and O–H groups in total. The molecule has 0 aliphatic rings. The summed E-state index contributed by atoms with van der Waals surface area (Å²) in [5.41, 5.74) is 1.37. The Labute approximate surface area is 126 Å². The van der Waals surface area contributed by atoms with Crippen molar-refractivity contribution in [3.05, 3.63) is 23.3 Å². The first-order valence-electron chi connectivity index (χ1n) is 6.70. The lowest BCUT2D eigenvalue weighted by Gasteiger charge is -2.19. The number of hydrogen-bond acceptors (Lipinski definition) is 4. The van der Waals surface area contributed by atoms with E-state index < -0.39 is 9.05 Å². The van der Waals surface area contributed by atoms with Crippen LogP contribution in [-0.2, 0) is 9.05 Å². The molecule has 0 aliphatic carbocycles. The maximum atomic E-state index is 11.4. The first-order chi connectivity index (χ1) is 9.29. The zero-order valence-corrected chi connectivity index (χ0v) is 14.0. The van der Waals surface area contributed by atoms with Crippen LogP contribution < -0.4 is 4.74 Å². The van der Waals surface area contributed by atoms with Crippen molar-refractivity contribution in [2.45, 2.75) is 32.6 Å². The first kappa shape index (κ1) is 17.3. The summed E-state index contributed by atoms with van der Waals surface area (Å²) in [6.45, 7) is 11.2. The molecule has 0 amide bonds. The van der Waals surface area contributed by atoms with Gasteiger partial charge in [0.2, 0.25) is 0 Å². The fraction of sp³-hybridized carbons (Fsp3) is 0.571. The second-order valence-corrected chi connectivity index (χ2v) is 7.23. The van der Waals surface area contributed by atoms with E-state index in [9.17, 15) is 8.42 Å². The van der Waals surface area contributed by atoms with Gasteiger partial charge in [-0.25, -0.2) is 8.42 Å². The van der Waals surface area contributed by atoms with E-state index in [1.165, 1.54) is 0 Å². The molecule has 1 aromatic rings. The summed E-state index contributed by atoms with van der Waals surface area (Å²) in [5, 5.41) is 0. The highest BCUT2D eigenvalue weighted by Crippen LogP contribution is 2.27. The minimum absolute atomic E-state index is 0.146. The minimum atomic E-state index is -3.71. The Hall–Kier alpha value is -0.780. The summed E-state index contributed by atoms with van der Waals surface area (Å²) in [5.74, 6) is 0.707. The van der Waals surface area contributed by atoms with Crippen molar-refractivity contribution in [2.24, 2.45) is 0 Å². The van der Waals surface area contributed by atoms with E-state index >= 15 is 0 Å². The predicted octanol–water partition coefficient (Wildman–Crippen LogP) is 2.95. The molecule has 0 fully saturated rings.